The average Bonchev–Trinajstić information content (AvgIpc) is 3.55. The third-order valence-electron chi connectivity index (χ3n) is 10.8. The topological polar surface area (TPSA) is 36.9 Å². The number of rotatable bonds is 4. The van der Waals surface area contributed by atoms with Crippen LogP contribution in [0, 0.1) is 11.8 Å². The summed E-state index contributed by atoms with van der Waals surface area (Å²) in [6, 6.07) is 18.3. The summed E-state index contributed by atoms with van der Waals surface area (Å²) in [7, 11) is -0.650. The van der Waals surface area contributed by atoms with Crippen LogP contribution in [0.2, 0.25) is 0 Å². The van der Waals surface area contributed by atoms with E-state index in [2.05, 4.69) is 104 Å². The van der Waals surface area contributed by atoms with E-state index < -0.39 is 0 Å². The van der Waals surface area contributed by atoms with E-state index in [9.17, 15) is 0 Å². The summed E-state index contributed by atoms with van der Waals surface area (Å²) in [4.78, 5) is 0. The SMILES string of the molecule is CC1(C)OB(c2ccc(C3(c4ccc(B5OC(C)(C)C(C)(C)O5)cc4)CC4CCC3C4)cc2)OC1(C)C. The van der Waals surface area contributed by atoms with Crippen molar-refractivity contribution in [3.63, 3.8) is 0 Å². The molecule has 0 radical (unpaired) electrons. The minimum atomic E-state index is -0.332. The molecule has 6 rings (SSSR count). The molecule has 2 aromatic rings. The smallest absolute Gasteiger partial charge is 0.399 e. The molecule has 4 nitrogen and oxygen atoms in total. The van der Waals surface area contributed by atoms with Gasteiger partial charge in [0.05, 0.1) is 22.4 Å². The highest BCUT2D eigenvalue weighted by Crippen LogP contribution is 2.60. The first kappa shape index (κ1) is 25.7. The van der Waals surface area contributed by atoms with E-state index in [0.29, 0.717) is 5.92 Å². The summed E-state index contributed by atoms with van der Waals surface area (Å²) in [6.07, 6.45) is 5.23. The molecule has 2 aromatic carbocycles. The highest BCUT2D eigenvalue weighted by atomic mass is 16.7. The Hall–Kier alpha value is -1.59. The zero-order valence-electron chi connectivity index (χ0n) is 23.9. The highest BCUT2D eigenvalue weighted by Gasteiger charge is 2.55. The lowest BCUT2D eigenvalue weighted by Gasteiger charge is -2.39. The lowest BCUT2D eigenvalue weighted by atomic mass is 9.63. The first-order valence-corrected chi connectivity index (χ1v) is 14.2. The van der Waals surface area contributed by atoms with Crippen LogP contribution in [-0.4, -0.2) is 36.6 Å². The van der Waals surface area contributed by atoms with E-state index in [1.807, 2.05) is 0 Å². The second-order valence-corrected chi connectivity index (χ2v) is 14.0. The van der Waals surface area contributed by atoms with Crippen molar-refractivity contribution < 1.29 is 18.6 Å². The monoisotopic (exact) mass is 500 g/mol. The van der Waals surface area contributed by atoms with Gasteiger partial charge in [-0.25, -0.2) is 0 Å². The zero-order chi connectivity index (χ0) is 26.4. The molecular formula is C31H42B2O4. The molecule has 2 bridgehead atoms. The van der Waals surface area contributed by atoms with Crippen LogP contribution in [0.5, 0.6) is 0 Å². The fourth-order valence-corrected chi connectivity index (χ4v) is 7.04. The molecule has 196 valence electrons. The molecule has 2 aliphatic heterocycles. The number of fused-ring (bicyclic) bond motifs is 2. The summed E-state index contributed by atoms with van der Waals surface area (Å²) < 4.78 is 25.3. The van der Waals surface area contributed by atoms with Crippen LogP contribution in [0.3, 0.4) is 0 Å². The standard InChI is InChI=1S/C31H42B2O4/c1-27(2)28(3,4)35-32(34-27)25-15-11-22(12-16-25)31(20-21-9-10-24(31)19-21)23-13-17-26(18-14-23)33-36-29(5,6)30(7,8)37-33/h11-18,21,24H,9-10,19-20H2,1-8H3. The number of benzene rings is 2. The molecular weight excluding hydrogens is 458 g/mol. The van der Waals surface area contributed by atoms with Crippen molar-refractivity contribution in [3.05, 3.63) is 59.7 Å². The third-order valence-corrected chi connectivity index (χ3v) is 10.8. The molecule has 4 aliphatic rings. The van der Waals surface area contributed by atoms with Gasteiger partial charge in [0.15, 0.2) is 0 Å². The van der Waals surface area contributed by atoms with Crippen molar-refractivity contribution >= 4 is 25.2 Å². The summed E-state index contributed by atoms with van der Waals surface area (Å²) in [5.74, 6) is 1.50. The Morgan fingerprint density at radius 1 is 0.568 bits per heavy atom. The minimum absolute atomic E-state index is 0.0613. The summed E-state index contributed by atoms with van der Waals surface area (Å²) in [5.41, 5.74) is 3.76. The number of hydrogen-bond donors (Lipinski definition) is 0. The quantitative estimate of drug-likeness (QED) is 0.528. The van der Waals surface area contributed by atoms with Gasteiger partial charge in [0, 0.05) is 5.41 Å². The van der Waals surface area contributed by atoms with Crippen LogP contribution in [-0.2, 0) is 24.0 Å². The van der Waals surface area contributed by atoms with E-state index >= 15 is 0 Å². The predicted molar refractivity (Wildman–Crippen MR) is 151 cm³/mol. The lowest BCUT2D eigenvalue weighted by molar-refractivity contribution is 0.00578. The van der Waals surface area contributed by atoms with Crippen molar-refractivity contribution in [2.45, 2.75) is 109 Å². The van der Waals surface area contributed by atoms with Crippen molar-refractivity contribution in [2.24, 2.45) is 11.8 Å². The molecule has 0 amide bonds. The van der Waals surface area contributed by atoms with Crippen LogP contribution < -0.4 is 10.9 Å². The minimum Gasteiger partial charge on any atom is -0.399 e. The lowest BCUT2D eigenvalue weighted by Crippen LogP contribution is -2.41. The molecule has 0 N–H and O–H groups in total. The second-order valence-electron chi connectivity index (χ2n) is 14.0. The van der Waals surface area contributed by atoms with E-state index in [1.54, 1.807) is 0 Å². The van der Waals surface area contributed by atoms with Crippen molar-refractivity contribution in [1.29, 1.82) is 0 Å². The molecule has 37 heavy (non-hydrogen) atoms. The molecule has 6 heteroatoms. The molecule has 2 saturated heterocycles. The Morgan fingerprint density at radius 2 is 0.946 bits per heavy atom. The van der Waals surface area contributed by atoms with Crippen LogP contribution in [0.4, 0.5) is 0 Å². The van der Waals surface area contributed by atoms with Gasteiger partial charge in [-0.2, -0.15) is 0 Å². The molecule has 2 saturated carbocycles. The first-order valence-electron chi connectivity index (χ1n) is 14.2. The van der Waals surface area contributed by atoms with Gasteiger partial charge in [0.25, 0.3) is 0 Å². The fraction of sp³-hybridized carbons (Fsp3) is 0.613. The van der Waals surface area contributed by atoms with Crippen LogP contribution in [0.25, 0.3) is 0 Å². The molecule has 2 unspecified atom stereocenters. The maximum atomic E-state index is 6.32. The van der Waals surface area contributed by atoms with Gasteiger partial charge in [-0.1, -0.05) is 55.0 Å². The van der Waals surface area contributed by atoms with Gasteiger partial charge in [0.1, 0.15) is 0 Å². The largest absolute Gasteiger partial charge is 0.494 e. The second kappa shape index (κ2) is 8.21. The first-order chi connectivity index (χ1) is 17.2. The Kier molecular flexibility index (Phi) is 5.70. The average molecular weight is 500 g/mol. The highest BCUT2D eigenvalue weighted by molar-refractivity contribution is 6.62. The molecule has 0 aromatic heterocycles. The molecule has 2 atom stereocenters. The molecule has 4 fully saturated rings. The van der Waals surface area contributed by atoms with E-state index in [-0.39, 0.29) is 42.1 Å². The van der Waals surface area contributed by atoms with Gasteiger partial charge in [-0.3, -0.25) is 0 Å². The van der Waals surface area contributed by atoms with E-state index in [0.717, 1.165) is 16.8 Å². The number of hydrogen-bond acceptors (Lipinski definition) is 4. The van der Waals surface area contributed by atoms with Crippen LogP contribution >= 0.6 is 0 Å². The van der Waals surface area contributed by atoms with E-state index in [4.69, 9.17) is 18.6 Å². The Morgan fingerprint density at radius 3 is 1.24 bits per heavy atom. The summed E-state index contributed by atoms with van der Waals surface area (Å²) >= 11 is 0. The Labute approximate surface area is 224 Å². The summed E-state index contributed by atoms with van der Waals surface area (Å²) in [6.45, 7) is 16.9. The Balaban J connectivity index is 1.30. The zero-order valence-corrected chi connectivity index (χ0v) is 23.9. The van der Waals surface area contributed by atoms with Crippen molar-refractivity contribution in [1.82, 2.24) is 0 Å². The third kappa shape index (κ3) is 3.89. The van der Waals surface area contributed by atoms with E-state index in [1.165, 1.54) is 36.8 Å². The maximum Gasteiger partial charge on any atom is 0.494 e. The van der Waals surface area contributed by atoms with Gasteiger partial charge in [-0.05, 0) is 109 Å². The summed E-state index contributed by atoms with van der Waals surface area (Å²) in [5, 5.41) is 0. The van der Waals surface area contributed by atoms with Crippen molar-refractivity contribution in [2.75, 3.05) is 0 Å². The maximum absolute atomic E-state index is 6.32. The molecule has 2 heterocycles. The molecule has 0 spiro atoms. The van der Waals surface area contributed by atoms with Crippen LogP contribution in [0.1, 0.15) is 92.2 Å². The normalized spacial score (nSPS) is 30.3. The molecule has 2 aliphatic carbocycles. The van der Waals surface area contributed by atoms with Gasteiger partial charge in [-0.15, -0.1) is 0 Å². The Bertz CT molecular complexity index is 1060. The van der Waals surface area contributed by atoms with Crippen LogP contribution in [0.15, 0.2) is 48.5 Å². The van der Waals surface area contributed by atoms with Gasteiger partial charge in [0.2, 0.25) is 0 Å². The van der Waals surface area contributed by atoms with Gasteiger partial charge >= 0.3 is 14.2 Å². The van der Waals surface area contributed by atoms with Crippen molar-refractivity contribution in [3.8, 4) is 0 Å². The fourth-order valence-electron chi connectivity index (χ4n) is 7.04. The van der Waals surface area contributed by atoms with Gasteiger partial charge < -0.3 is 18.6 Å². The predicted octanol–water partition coefficient (Wildman–Crippen LogP) is 5.39.